The van der Waals surface area contributed by atoms with Gasteiger partial charge in [0, 0.05) is 10.8 Å². The van der Waals surface area contributed by atoms with E-state index in [-0.39, 0.29) is 80.1 Å². The number of furan rings is 1. The molecule has 0 radical (unpaired) electrons. The lowest BCUT2D eigenvalue weighted by Gasteiger charge is -2.18. The van der Waals surface area contributed by atoms with Crippen LogP contribution >= 0.6 is 0 Å². The standard InChI is InChI=1S/C36H22O/c1-2-10-23(11-3-1)35-28-13-4-6-15-30(28)36(31-16-7-5-14-29(31)35)25-19-18-24-22-34-32(21-26(24)20-25)27-12-8-9-17-33(27)37-34/h1-22H/i1D,2D,3D,8D,9D,10D,12D,17D,18D,19D,20D,21D,22D. The van der Waals surface area contributed by atoms with Gasteiger partial charge in [-0.25, -0.2) is 0 Å². The van der Waals surface area contributed by atoms with Gasteiger partial charge in [-0.1, -0.05) is 109 Å². The van der Waals surface area contributed by atoms with Crippen molar-refractivity contribution in [3.8, 4) is 22.3 Å². The fourth-order valence-corrected chi connectivity index (χ4v) is 5.09. The van der Waals surface area contributed by atoms with Crippen LogP contribution in [0.15, 0.2) is 138 Å². The summed E-state index contributed by atoms with van der Waals surface area (Å²) >= 11 is 0. The van der Waals surface area contributed by atoms with Gasteiger partial charge in [-0.2, -0.15) is 0 Å². The van der Waals surface area contributed by atoms with Crippen molar-refractivity contribution in [2.45, 2.75) is 0 Å². The number of hydrogen-bond acceptors (Lipinski definition) is 1. The van der Waals surface area contributed by atoms with Crippen LogP contribution in [0.3, 0.4) is 0 Å². The van der Waals surface area contributed by atoms with E-state index in [1.807, 2.05) is 0 Å². The second-order valence-corrected chi connectivity index (χ2v) is 8.68. The molecule has 172 valence electrons. The number of fused-ring (bicyclic) bond motifs is 6. The van der Waals surface area contributed by atoms with E-state index in [0.29, 0.717) is 32.7 Å². The smallest absolute Gasteiger partial charge is 0.136 e. The van der Waals surface area contributed by atoms with Gasteiger partial charge in [0.15, 0.2) is 0 Å². The van der Waals surface area contributed by atoms with Crippen molar-refractivity contribution in [1.82, 2.24) is 0 Å². The number of benzene rings is 7. The van der Waals surface area contributed by atoms with Crippen molar-refractivity contribution in [2.75, 3.05) is 0 Å². The molecule has 0 fully saturated rings. The summed E-state index contributed by atoms with van der Waals surface area (Å²) in [6.07, 6.45) is 0. The number of hydrogen-bond donors (Lipinski definition) is 0. The third kappa shape index (κ3) is 3.04. The Morgan fingerprint density at radius 2 is 1.11 bits per heavy atom. The van der Waals surface area contributed by atoms with Crippen LogP contribution in [0.25, 0.3) is 76.5 Å². The van der Waals surface area contributed by atoms with E-state index in [1.165, 1.54) is 6.07 Å². The van der Waals surface area contributed by atoms with Crippen molar-refractivity contribution in [3.63, 3.8) is 0 Å². The maximum Gasteiger partial charge on any atom is 0.136 e. The van der Waals surface area contributed by atoms with Crippen LogP contribution in [0.5, 0.6) is 0 Å². The van der Waals surface area contributed by atoms with Crippen LogP contribution in [0.1, 0.15) is 17.8 Å². The van der Waals surface area contributed by atoms with Crippen LogP contribution in [0.4, 0.5) is 0 Å². The average molecular weight is 484 g/mol. The van der Waals surface area contributed by atoms with Gasteiger partial charge in [-0.15, -0.1) is 0 Å². The molecule has 0 saturated carbocycles. The fourth-order valence-electron chi connectivity index (χ4n) is 5.09. The van der Waals surface area contributed by atoms with Crippen LogP contribution in [0, 0.1) is 0 Å². The molecule has 0 aliphatic rings. The largest absolute Gasteiger partial charge is 0.456 e. The first-order valence-corrected chi connectivity index (χ1v) is 11.6. The Kier molecular flexibility index (Phi) is 2.42. The summed E-state index contributed by atoms with van der Waals surface area (Å²) in [5.74, 6) is 0. The molecule has 0 amide bonds. The summed E-state index contributed by atoms with van der Waals surface area (Å²) in [5, 5.41) is 1.63. The minimum atomic E-state index is -0.549. The molecule has 0 aliphatic carbocycles. The van der Waals surface area contributed by atoms with E-state index in [2.05, 4.69) is 0 Å². The second-order valence-electron chi connectivity index (χ2n) is 8.68. The van der Waals surface area contributed by atoms with Gasteiger partial charge in [0.25, 0.3) is 0 Å². The predicted molar refractivity (Wildman–Crippen MR) is 157 cm³/mol. The molecule has 0 N–H and O–H groups in total. The normalized spacial score (nSPS) is 16.7. The second kappa shape index (κ2) is 7.81. The Labute approximate surface area is 232 Å². The average Bonchev–Trinajstić information content (AvgIpc) is 3.53. The molecule has 37 heavy (non-hydrogen) atoms. The molecule has 1 aromatic heterocycles. The molecule has 0 spiro atoms. The summed E-state index contributed by atoms with van der Waals surface area (Å²) in [6.45, 7) is 0. The van der Waals surface area contributed by atoms with Gasteiger partial charge in [-0.05, 0) is 78.7 Å². The van der Waals surface area contributed by atoms with Crippen molar-refractivity contribution in [1.29, 1.82) is 0 Å². The zero-order chi connectivity index (χ0) is 35.7. The summed E-state index contributed by atoms with van der Waals surface area (Å²) in [6, 6.07) is 10.3. The highest BCUT2D eigenvalue weighted by Gasteiger charge is 2.17. The molecule has 0 aliphatic heterocycles. The Balaban J connectivity index is 1.58. The van der Waals surface area contributed by atoms with E-state index in [1.54, 1.807) is 48.5 Å². The van der Waals surface area contributed by atoms with Gasteiger partial charge >= 0.3 is 0 Å². The minimum absolute atomic E-state index is 0.00151. The molecule has 1 heteroatoms. The number of rotatable bonds is 2. The highest BCUT2D eigenvalue weighted by Crippen LogP contribution is 2.44. The Morgan fingerprint density at radius 1 is 0.432 bits per heavy atom. The molecule has 0 bridgehead atoms. The van der Waals surface area contributed by atoms with Gasteiger partial charge in [-0.3, -0.25) is 0 Å². The van der Waals surface area contributed by atoms with Crippen molar-refractivity contribution >= 4 is 54.3 Å². The van der Waals surface area contributed by atoms with Crippen LogP contribution in [0.2, 0.25) is 0 Å². The zero-order valence-electron chi connectivity index (χ0n) is 32.1. The lowest BCUT2D eigenvalue weighted by atomic mass is 9.85. The molecule has 8 rings (SSSR count). The summed E-state index contributed by atoms with van der Waals surface area (Å²) in [4.78, 5) is 0. The maximum absolute atomic E-state index is 9.55. The topological polar surface area (TPSA) is 13.1 Å². The van der Waals surface area contributed by atoms with E-state index in [4.69, 9.17) is 18.1 Å². The van der Waals surface area contributed by atoms with Crippen LogP contribution in [-0.4, -0.2) is 0 Å². The van der Waals surface area contributed by atoms with Gasteiger partial charge in [0.05, 0.1) is 17.8 Å². The predicted octanol–water partition coefficient (Wildman–Crippen LogP) is 10.4. The van der Waals surface area contributed by atoms with E-state index in [9.17, 15) is 4.11 Å². The lowest BCUT2D eigenvalue weighted by molar-refractivity contribution is 0.669. The minimum Gasteiger partial charge on any atom is -0.456 e. The third-order valence-electron chi connectivity index (χ3n) is 6.63. The summed E-state index contributed by atoms with van der Waals surface area (Å²) in [7, 11) is 0. The first-order chi connectivity index (χ1) is 23.8. The first kappa shape index (κ1) is 11.5. The SMILES string of the molecule is [2H]c1cc(-c2c3ccccc3c(-c3c([2H])c([2H])c4c([2H])c5oc6c([2H])c([2H])c([2H])c([2H])c6c5c([2H])c4c3[2H])c3ccccc23)c([2H])c([2H])c1[2H]. The highest BCUT2D eigenvalue weighted by atomic mass is 16.3. The summed E-state index contributed by atoms with van der Waals surface area (Å²) < 4.78 is 119. The van der Waals surface area contributed by atoms with Gasteiger partial charge < -0.3 is 4.42 Å². The molecular weight excluding hydrogens is 448 g/mol. The van der Waals surface area contributed by atoms with Crippen LogP contribution < -0.4 is 0 Å². The van der Waals surface area contributed by atoms with E-state index >= 15 is 0 Å². The zero-order valence-corrected chi connectivity index (χ0v) is 19.1. The van der Waals surface area contributed by atoms with Gasteiger partial charge in [0.1, 0.15) is 11.2 Å². The first-order valence-electron chi connectivity index (χ1n) is 18.1. The van der Waals surface area contributed by atoms with Gasteiger partial charge in [0.2, 0.25) is 0 Å². The molecule has 0 unspecified atom stereocenters. The van der Waals surface area contributed by atoms with Crippen molar-refractivity contribution in [3.05, 3.63) is 133 Å². The molecule has 1 heterocycles. The molecule has 8 aromatic rings. The van der Waals surface area contributed by atoms with Crippen LogP contribution in [-0.2, 0) is 0 Å². The van der Waals surface area contributed by atoms with Crippen molar-refractivity contribution < 1.29 is 22.2 Å². The fraction of sp³-hybridized carbons (Fsp3) is 0. The molecule has 0 atom stereocenters. The van der Waals surface area contributed by atoms with Crippen molar-refractivity contribution in [2.24, 2.45) is 0 Å². The van der Waals surface area contributed by atoms with E-state index in [0.717, 1.165) is 0 Å². The molecule has 1 nitrogen and oxygen atoms in total. The maximum atomic E-state index is 9.55. The Bertz CT molecular complexity index is 2800. The number of para-hydroxylation sites is 1. The molecule has 7 aromatic carbocycles. The summed E-state index contributed by atoms with van der Waals surface area (Å²) in [5.41, 5.74) is 0.677. The molecule has 0 saturated heterocycles. The third-order valence-corrected chi connectivity index (χ3v) is 6.63. The monoisotopic (exact) mass is 483 g/mol. The lowest BCUT2D eigenvalue weighted by Crippen LogP contribution is -1.90. The van der Waals surface area contributed by atoms with E-state index < -0.39 is 42.3 Å². The Morgan fingerprint density at radius 3 is 1.86 bits per heavy atom. The quantitative estimate of drug-likeness (QED) is 0.223. The Hall–Kier alpha value is -4.88. The highest BCUT2D eigenvalue weighted by molar-refractivity contribution is 6.22. The molecular formula is C36H22O.